The third kappa shape index (κ3) is 3.12. The van der Waals surface area contributed by atoms with E-state index in [1.165, 1.54) is 0 Å². The lowest BCUT2D eigenvalue weighted by atomic mass is 9.74. The molecule has 2 aliphatic heterocycles. The van der Waals surface area contributed by atoms with Gasteiger partial charge in [-0.25, -0.2) is 4.98 Å². The maximum atomic E-state index is 12.8. The Labute approximate surface area is 156 Å². The number of carbonyl (C=O) groups is 2. The molecule has 142 valence electrons. The standard InChI is InChI=1S/C20H22N2O5/c1-13-16(21-18(27-13)14-5-3-2-4-6-14)9-17(23)22-10-15-11-26-8-7-20(15,12-22)19(24)25/h2-6,15H,7-12H2,1H3,(H,24,25)/t15-,20+/m1/s1. The first-order valence-corrected chi connectivity index (χ1v) is 9.10. The van der Waals surface area contributed by atoms with Crippen LogP contribution in [0, 0.1) is 18.3 Å². The van der Waals surface area contributed by atoms with Crippen molar-refractivity contribution in [3.05, 3.63) is 41.8 Å². The monoisotopic (exact) mass is 370 g/mol. The summed E-state index contributed by atoms with van der Waals surface area (Å²) in [6.07, 6.45) is 0.545. The minimum absolute atomic E-state index is 0.103. The number of carbonyl (C=O) groups excluding carboxylic acids is 1. The highest BCUT2D eigenvalue weighted by molar-refractivity contribution is 5.82. The first-order chi connectivity index (χ1) is 13.0. The Morgan fingerprint density at radius 1 is 1.33 bits per heavy atom. The molecule has 0 unspecified atom stereocenters. The van der Waals surface area contributed by atoms with E-state index in [0.29, 0.717) is 43.5 Å². The highest BCUT2D eigenvalue weighted by Crippen LogP contribution is 2.42. The van der Waals surface area contributed by atoms with Crippen LogP contribution in [0.2, 0.25) is 0 Å². The second-order valence-electron chi connectivity index (χ2n) is 7.32. The molecule has 2 fully saturated rings. The SMILES string of the molecule is Cc1oc(-c2ccccc2)nc1CC(=O)N1C[C@@H]2COCC[C@]2(C(=O)O)C1. The summed E-state index contributed by atoms with van der Waals surface area (Å²) in [6.45, 7) is 3.24. The number of ether oxygens (including phenoxy) is 1. The fraction of sp³-hybridized carbons (Fsp3) is 0.450. The van der Waals surface area contributed by atoms with E-state index >= 15 is 0 Å². The maximum absolute atomic E-state index is 12.8. The van der Waals surface area contributed by atoms with Gasteiger partial charge in [-0.2, -0.15) is 0 Å². The highest BCUT2D eigenvalue weighted by atomic mass is 16.5. The number of nitrogens with zero attached hydrogens (tertiary/aromatic N) is 2. The number of carboxylic acid groups (broad SMARTS) is 1. The zero-order valence-corrected chi connectivity index (χ0v) is 15.2. The number of amides is 1. The van der Waals surface area contributed by atoms with Crippen LogP contribution < -0.4 is 0 Å². The van der Waals surface area contributed by atoms with Crippen molar-refractivity contribution in [2.24, 2.45) is 11.3 Å². The van der Waals surface area contributed by atoms with Gasteiger partial charge in [-0.05, 0) is 25.5 Å². The summed E-state index contributed by atoms with van der Waals surface area (Å²) in [5, 5.41) is 9.74. The van der Waals surface area contributed by atoms with E-state index in [2.05, 4.69) is 4.98 Å². The summed E-state index contributed by atoms with van der Waals surface area (Å²) in [7, 11) is 0. The fourth-order valence-corrected chi connectivity index (χ4v) is 4.04. The topological polar surface area (TPSA) is 92.9 Å². The van der Waals surface area contributed by atoms with Gasteiger partial charge in [-0.3, -0.25) is 9.59 Å². The predicted molar refractivity (Wildman–Crippen MR) is 96.0 cm³/mol. The molecule has 1 aromatic heterocycles. The van der Waals surface area contributed by atoms with Crippen molar-refractivity contribution in [3.63, 3.8) is 0 Å². The van der Waals surface area contributed by atoms with Gasteiger partial charge in [-0.15, -0.1) is 0 Å². The van der Waals surface area contributed by atoms with E-state index in [1.807, 2.05) is 30.3 Å². The van der Waals surface area contributed by atoms with E-state index in [1.54, 1.807) is 11.8 Å². The van der Waals surface area contributed by atoms with Crippen molar-refractivity contribution in [3.8, 4) is 11.5 Å². The number of oxazole rings is 1. The van der Waals surface area contributed by atoms with Gasteiger partial charge in [0.2, 0.25) is 11.8 Å². The van der Waals surface area contributed by atoms with Crippen molar-refractivity contribution in [2.75, 3.05) is 26.3 Å². The number of carboxylic acids is 1. The van der Waals surface area contributed by atoms with Gasteiger partial charge in [0.05, 0.1) is 24.1 Å². The number of likely N-dealkylation sites (tertiary alicyclic amines) is 1. The van der Waals surface area contributed by atoms with Gasteiger partial charge in [-0.1, -0.05) is 18.2 Å². The Morgan fingerprint density at radius 2 is 2.11 bits per heavy atom. The Bertz CT molecular complexity index is 863. The largest absolute Gasteiger partial charge is 0.481 e. The summed E-state index contributed by atoms with van der Waals surface area (Å²) in [5.41, 5.74) is 0.560. The molecular formula is C20H22N2O5. The van der Waals surface area contributed by atoms with Crippen LogP contribution >= 0.6 is 0 Å². The number of benzene rings is 1. The summed E-state index contributed by atoms with van der Waals surface area (Å²) >= 11 is 0. The summed E-state index contributed by atoms with van der Waals surface area (Å²) in [6, 6.07) is 9.52. The van der Waals surface area contributed by atoms with Crippen LogP contribution in [-0.2, 0) is 20.7 Å². The normalized spacial score (nSPS) is 24.6. The smallest absolute Gasteiger partial charge is 0.311 e. The van der Waals surface area contributed by atoms with Crippen molar-refractivity contribution >= 4 is 11.9 Å². The van der Waals surface area contributed by atoms with Crippen LogP contribution in [0.1, 0.15) is 17.9 Å². The van der Waals surface area contributed by atoms with Crippen LogP contribution in [-0.4, -0.2) is 53.2 Å². The van der Waals surface area contributed by atoms with Crippen LogP contribution in [0.3, 0.4) is 0 Å². The second-order valence-corrected chi connectivity index (χ2v) is 7.32. The quantitative estimate of drug-likeness (QED) is 0.886. The van der Waals surface area contributed by atoms with E-state index < -0.39 is 11.4 Å². The van der Waals surface area contributed by atoms with Crippen LogP contribution in [0.5, 0.6) is 0 Å². The van der Waals surface area contributed by atoms with E-state index in [9.17, 15) is 14.7 Å². The molecule has 2 atom stereocenters. The number of fused-ring (bicyclic) bond motifs is 1. The molecule has 0 spiro atoms. The Kier molecular flexibility index (Phi) is 4.47. The molecule has 1 aromatic carbocycles. The number of hydrogen-bond donors (Lipinski definition) is 1. The molecule has 27 heavy (non-hydrogen) atoms. The van der Waals surface area contributed by atoms with Gasteiger partial charge in [0.25, 0.3) is 0 Å². The lowest BCUT2D eigenvalue weighted by molar-refractivity contribution is -0.157. The Hall–Kier alpha value is -2.67. The van der Waals surface area contributed by atoms with Gasteiger partial charge < -0.3 is 19.2 Å². The van der Waals surface area contributed by atoms with Gasteiger partial charge in [0, 0.05) is 31.2 Å². The molecule has 0 radical (unpaired) electrons. The summed E-state index contributed by atoms with van der Waals surface area (Å²) in [4.78, 5) is 30.8. The molecule has 7 heteroatoms. The third-order valence-corrected chi connectivity index (χ3v) is 5.72. The lowest BCUT2D eigenvalue weighted by Gasteiger charge is -2.33. The van der Waals surface area contributed by atoms with Crippen LogP contribution in [0.4, 0.5) is 0 Å². The van der Waals surface area contributed by atoms with E-state index in [-0.39, 0.29) is 24.8 Å². The number of aryl methyl sites for hydroxylation is 1. The molecule has 7 nitrogen and oxygen atoms in total. The molecule has 2 saturated heterocycles. The first kappa shape index (κ1) is 17.7. The first-order valence-electron chi connectivity index (χ1n) is 9.10. The van der Waals surface area contributed by atoms with Crippen LogP contribution in [0.15, 0.2) is 34.7 Å². The molecule has 3 heterocycles. The molecule has 1 amide bonds. The molecule has 4 rings (SSSR count). The average molecular weight is 370 g/mol. The maximum Gasteiger partial charge on any atom is 0.311 e. The molecule has 0 aliphatic carbocycles. The average Bonchev–Trinajstić information content (AvgIpc) is 3.24. The molecular weight excluding hydrogens is 348 g/mol. The van der Waals surface area contributed by atoms with E-state index in [4.69, 9.17) is 9.15 Å². The number of hydrogen-bond acceptors (Lipinski definition) is 5. The van der Waals surface area contributed by atoms with Gasteiger partial charge in [0.15, 0.2) is 0 Å². The third-order valence-electron chi connectivity index (χ3n) is 5.72. The summed E-state index contributed by atoms with van der Waals surface area (Å²) in [5.74, 6) is -0.0291. The number of aliphatic carboxylic acids is 1. The second kappa shape index (κ2) is 6.81. The Morgan fingerprint density at radius 3 is 2.81 bits per heavy atom. The molecule has 2 aliphatic rings. The van der Waals surface area contributed by atoms with Crippen LogP contribution in [0.25, 0.3) is 11.5 Å². The lowest BCUT2D eigenvalue weighted by Crippen LogP contribution is -2.45. The number of rotatable bonds is 4. The Balaban J connectivity index is 1.50. The fourth-order valence-electron chi connectivity index (χ4n) is 4.04. The molecule has 0 saturated carbocycles. The minimum Gasteiger partial charge on any atom is -0.481 e. The van der Waals surface area contributed by atoms with Gasteiger partial charge in [0.1, 0.15) is 5.76 Å². The molecule has 0 bridgehead atoms. The summed E-state index contributed by atoms with van der Waals surface area (Å²) < 4.78 is 11.2. The molecule has 2 aromatic rings. The van der Waals surface area contributed by atoms with Crippen molar-refractivity contribution in [1.29, 1.82) is 0 Å². The van der Waals surface area contributed by atoms with E-state index in [0.717, 1.165) is 5.56 Å². The van der Waals surface area contributed by atoms with Crippen molar-refractivity contribution < 1.29 is 23.8 Å². The predicted octanol–water partition coefficient (Wildman–Crippen LogP) is 2.14. The molecule has 1 N–H and O–H groups in total. The zero-order chi connectivity index (χ0) is 19.0. The zero-order valence-electron chi connectivity index (χ0n) is 15.2. The minimum atomic E-state index is -0.887. The van der Waals surface area contributed by atoms with Gasteiger partial charge >= 0.3 is 5.97 Å². The number of aromatic nitrogens is 1. The van der Waals surface area contributed by atoms with Crippen molar-refractivity contribution in [2.45, 2.75) is 19.8 Å². The highest BCUT2D eigenvalue weighted by Gasteiger charge is 2.54. The van der Waals surface area contributed by atoms with Crippen molar-refractivity contribution in [1.82, 2.24) is 9.88 Å².